The van der Waals surface area contributed by atoms with Crippen molar-refractivity contribution in [3.05, 3.63) is 42.0 Å². The monoisotopic (exact) mass is 343 g/mol. The molecule has 25 heavy (non-hydrogen) atoms. The van der Waals surface area contributed by atoms with Crippen LogP contribution in [0, 0.1) is 5.92 Å². The zero-order valence-corrected chi connectivity index (χ0v) is 14.6. The van der Waals surface area contributed by atoms with Gasteiger partial charge in [-0.15, -0.1) is 0 Å². The molecule has 3 rings (SSSR count). The summed E-state index contributed by atoms with van der Waals surface area (Å²) in [6.07, 6.45) is 8.12. The predicted octanol–water partition coefficient (Wildman–Crippen LogP) is 3.42. The molecule has 0 aromatic heterocycles. The molecule has 1 aromatic carbocycles. The van der Waals surface area contributed by atoms with E-state index in [1.165, 1.54) is 5.56 Å². The lowest BCUT2D eigenvalue weighted by Gasteiger charge is -2.50. The van der Waals surface area contributed by atoms with Crippen LogP contribution in [0.15, 0.2) is 36.4 Å². The van der Waals surface area contributed by atoms with Crippen LogP contribution in [-0.2, 0) is 19.1 Å². The molecule has 0 amide bonds. The summed E-state index contributed by atoms with van der Waals surface area (Å²) < 4.78 is 10.1. The average Bonchev–Trinajstić information content (AvgIpc) is 2.65. The SMILES string of the molecule is C/C=C/[C@@H]1c2ccccc2N[C@]2(C(=O)OCCOC=O)CCCC[C@@H]12. The minimum Gasteiger partial charge on any atom is -0.464 e. The van der Waals surface area contributed by atoms with Crippen molar-refractivity contribution >= 4 is 18.1 Å². The number of carbonyl (C=O) groups excluding carboxylic acids is 2. The first-order valence-corrected chi connectivity index (χ1v) is 8.95. The zero-order chi connectivity index (χ0) is 17.7. The highest BCUT2D eigenvalue weighted by molar-refractivity contribution is 5.87. The third-order valence-corrected chi connectivity index (χ3v) is 5.35. The molecule has 0 saturated heterocycles. The Balaban J connectivity index is 1.92. The Morgan fingerprint density at radius 1 is 1.32 bits per heavy atom. The minimum atomic E-state index is -0.710. The molecule has 1 aliphatic carbocycles. The largest absolute Gasteiger partial charge is 0.464 e. The van der Waals surface area contributed by atoms with Crippen LogP contribution >= 0.6 is 0 Å². The number of rotatable bonds is 6. The molecule has 0 unspecified atom stereocenters. The summed E-state index contributed by atoms with van der Waals surface area (Å²) >= 11 is 0. The second-order valence-electron chi connectivity index (χ2n) is 6.69. The summed E-state index contributed by atoms with van der Waals surface area (Å²) in [4.78, 5) is 23.3. The number of esters is 1. The number of hydrogen-bond donors (Lipinski definition) is 1. The Morgan fingerprint density at radius 2 is 2.16 bits per heavy atom. The molecule has 0 bridgehead atoms. The molecule has 1 aromatic rings. The lowest BCUT2D eigenvalue weighted by atomic mass is 9.62. The van der Waals surface area contributed by atoms with E-state index < -0.39 is 5.54 Å². The molecule has 1 N–H and O–H groups in total. The van der Waals surface area contributed by atoms with E-state index in [1.807, 2.05) is 25.1 Å². The molecule has 5 nitrogen and oxygen atoms in total. The standard InChI is InChI=1S/C20H25NO4/c1-2-7-15-16-8-3-4-10-18(16)21-20(11-6-5-9-17(15)20)19(23)25-13-12-24-14-22/h2-4,7-8,10,14-15,17,21H,5-6,9,11-13H2,1H3/b7-2+/t15-,17+,20-/m1/s1. The van der Waals surface area contributed by atoms with Gasteiger partial charge >= 0.3 is 5.97 Å². The molecule has 0 spiro atoms. The Kier molecular flexibility index (Phi) is 5.41. The van der Waals surface area contributed by atoms with E-state index in [0.717, 1.165) is 31.4 Å². The van der Waals surface area contributed by atoms with Gasteiger partial charge in [-0.05, 0) is 31.4 Å². The maximum absolute atomic E-state index is 13.0. The van der Waals surface area contributed by atoms with Crippen LogP contribution in [0.4, 0.5) is 5.69 Å². The molecule has 1 heterocycles. The van der Waals surface area contributed by atoms with Crippen LogP contribution in [0.1, 0.15) is 44.1 Å². The molecule has 0 radical (unpaired) electrons. The van der Waals surface area contributed by atoms with Crippen LogP contribution in [0.2, 0.25) is 0 Å². The first-order valence-electron chi connectivity index (χ1n) is 8.95. The zero-order valence-electron chi connectivity index (χ0n) is 14.6. The number of para-hydroxylation sites is 1. The van der Waals surface area contributed by atoms with Gasteiger partial charge in [0.15, 0.2) is 0 Å². The van der Waals surface area contributed by atoms with Gasteiger partial charge in [0.1, 0.15) is 18.8 Å². The van der Waals surface area contributed by atoms with Crippen molar-refractivity contribution in [2.75, 3.05) is 18.5 Å². The maximum atomic E-state index is 13.0. The summed E-state index contributed by atoms with van der Waals surface area (Å²) in [7, 11) is 0. The first-order chi connectivity index (χ1) is 12.2. The molecule has 1 aliphatic heterocycles. The fourth-order valence-electron chi connectivity index (χ4n) is 4.31. The number of hydrogen-bond acceptors (Lipinski definition) is 5. The van der Waals surface area contributed by atoms with Gasteiger partial charge in [-0.25, -0.2) is 4.79 Å². The van der Waals surface area contributed by atoms with Crippen LogP contribution in [-0.4, -0.2) is 31.2 Å². The number of ether oxygens (including phenoxy) is 2. The average molecular weight is 343 g/mol. The highest BCUT2D eigenvalue weighted by Gasteiger charge is 2.53. The highest BCUT2D eigenvalue weighted by Crippen LogP contribution is 2.51. The van der Waals surface area contributed by atoms with E-state index in [0.29, 0.717) is 6.47 Å². The molecule has 134 valence electrons. The van der Waals surface area contributed by atoms with Gasteiger partial charge in [0, 0.05) is 17.5 Å². The van der Waals surface area contributed by atoms with E-state index in [-0.39, 0.29) is 31.0 Å². The molecule has 2 aliphatic rings. The number of benzene rings is 1. The van der Waals surface area contributed by atoms with E-state index in [4.69, 9.17) is 4.74 Å². The Labute approximate surface area is 148 Å². The Hall–Kier alpha value is -2.30. The Bertz CT molecular complexity index is 657. The minimum absolute atomic E-state index is 0.0870. The van der Waals surface area contributed by atoms with Gasteiger partial charge in [0.05, 0.1) is 0 Å². The van der Waals surface area contributed by atoms with Crippen LogP contribution in [0.3, 0.4) is 0 Å². The second kappa shape index (κ2) is 7.72. The van der Waals surface area contributed by atoms with Gasteiger partial charge in [-0.3, -0.25) is 4.79 Å². The third-order valence-electron chi connectivity index (χ3n) is 5.35. The summed E-state index contributed by atoms with van der Waals surface area (Å²) in [5.74, 6) is 0.115. The van der Waals surface area contributed by atoms with Crippen molar-refractivity contribution < 1.29 is 19.1 Å². The lowest BCUT2D eigenvalue weighted by molar-refractivity contribution is -0.156. The van der Waals surface area contributed by atoms with Crippen molar-refractivity contribution in [1.29, 1.82) is 0 Å². The topological polar surface area (TPSA) is 64.6 Å². The summed E-state index contributed by atoms with van der Waals surface area (Å²) in [6, 6.07) is 8.19. The lowest BCUT2D eigenvalue weighted by Crippen LogP contribution is -2.58. The first kappa shape index (κ1) is 17.5. The van der Waals surface area contributed by atoms with Crippen LogP contribution < -0.4 is 5.32 Å². The van der Waals surface area contributed by atoms with Crippen molar-refractivity contribution in [3.63, 3.8) is 0 Å². The fraction of sp³-hybridized carbons (Fsp3) is 0.500. The summed E-state index contributed by atoms with van der Waals surface area (Å²) in [5.41, 5.74) is 1.53. The highest BCUT2D eigenvalue weighted by atomic mass is 16.6. The number of fused-ring (bicyclic) bond motifs is 2. The second-order valence-corrected chi connectivity index (χ2v) is 6.69. The number of nitrogens with one attached hydrogen (secondary N) is 1. The number of anilines is 1. The molecular weight excluding hydrogens is 318 g/mol. The van der Waals surface area contributed by atoms with Crippen LogP contribution in [0.5, 0.6) is 0 Å². The van der Waals surface area contributed by atoms with E-state index in [1.54, 1.807) is 0 Å². The van der Waals surface area contributed by atoms with Gasteiger partial charge in [0.2, 0.25) is 0 Å². The number of carbonyl (C=O) groups is 2. The van der Waals surface area contributed by atoms with Gasteiger partial charge in [-0.2, -0.15) is 0 Å². The van der Waals surface area contributed by atoms with Crippen molar-refractivity contribution in [2.24, 2.45) is 5.92 Å². The normalized spacial score (nSPS) is 27.7. The van der Waals surface area contributed by atoms with Crippen LogP contribution in [0.25, 0.3) is 0 Å². The third kappa shape index (κ3) is 3.28. The Morgan fingerprint density at radius 3 is 2.96 bits per heavy atom. The van der Waals surface area contributed by atoms with E-state index in [2.05, 4.69) is 28.3 Å². The van der Waals surface area contributed by atoms with Crippen molar-refractivity contribution in [1.82, 2.24) is 0 Å². The molecule has 5 heteroatoms. The quantitative estimate of drug-likeness (QED) is 0.371. The van der Waals surface area contributed by atoms with Crippen molar-refractivity contribution in [2.45, 2.75) is 44.1 Å². The maximum Gasteiger partial charge on any atom is 0.332 e. The number of allylic oxidation sites excluding steroid dienone is 2. The van der Waals surface area contributed by atoms with Crippen molar-refractivity contribution in [3.8, 4) is 0 Å². The van der Waals surface area contributed by atoms with E-state index in [9.17, 15) is 9.59 Å². The molecular formula is C20H25NO4. The van der Waals surface area contributed by atoms with E-state index >= 15 is 0 Å². The van der Waals surface area contributed by atoms with Gasteiger partial charge in [0.25, 0.3) is 6.47 Å². The summed E-state index contributed by atoms with van der Waals surface area (Å²) in [5, 5.41) is 3.52. The molecule has 3 atom stereocenters. The molecule has 1 fully saturated rings. The van der Waals surface area contributed by atoms with Gasteiger partial charge < -0.3 is 14.8 Å². The molecule has 1 saturated carbocycles. The fourth-order valence-corrected chi connectivity index (χ4v) is 4.31. The predicted molar refractivity (Wildman–Crippen MR) is 95.3 cm³/mol. The smallest absolute Gasteiger partial charge is 0.332 e. The van der Waals surface area contributed by atoms with Gasteiger partial charge in [-0.1, -0.05) is 43.2 Å². The summed E-state index contributed by atoms with van der Waals surface area (Å²) in [6.45, 7) is 2.56.